The second kappa shape index (κ2) is 10.8. The maximum absolute atomic E-state index is 13.5. The van der Waals surface area contributed by atoms with E-state index in [1.807, 2.05) is 17.0 Å². The molecule has 0 saturated carbocycles. The van der Waals surface area contributed by atoms with Crippen LogP contribution in [-0.4, -0.2) is 56.6 Å². The van der Waals surface area contributed by atoms with Gasteiger partial charge in [-0.1, -0.05) is 72.8 Å². The Hall–Kier alpha value is -2.96. The molecule has 2 aliphatic rings. The molecule has 194 valence electrons. The first-order valence-corrected chi connectivity index (χ1v) is 15.1. The number of carbonyl (C=O) groups excluding carboxylic acids is 1. The van der Waals surface area contributed by atoms with Crippen molar-refractivity contribution in [2.75, 3.05) is 32.4 Å². The highest BCUT2D eigenvalue weighted by atomic mass is 32.2. The van der Waals surface area contributed by atoms with E-state index < -0.39 is 9.84 Å². The zero-order valence-corrected chi connectivity index (χ0v) is 22.4. The number of carbonyl (C=O) groups is 1. The van der Waals surface area contributed by atoms with Crippen LogP contribution >= 0.6 is 0 Å². The zero-order valence-electron chi connectivity index (χ0n) is 21.6. The van der Waals surface area contributed by atoms with E-state index in [0.717, 1.165) is 57.4 Å². The van der Waals surface area contributed by atoms with Crippen LogP contribution in [0.25, 0.3) is 0 Å². The van der Waals surface area contributed by atoms with E-state index >= 15 is 0 Å². The topological polar surface area (TPSA) is 57.7 Å². The van der Waals surface area contributed by atoms with Crippen molar-refractivity contribution in [1.82, 2.24) is 9.80 Å². The summed E-state index contributed by atoms with van der Waals surface area (Å²) >= 11 is 0. The first-order valence-electron chi connectivity index (χ1n) is 13.2. The van der Waals surface area contributed by atoms with Crippen LogP contribution in [0.15, 0.2) is 89.8 Å². The molecule has 0 aromatic heterocycles. The lowest BCUT2D eigenvalue weighted by molar-refractivity contribution is -0.138. The summed E-state index contributed by atoms with van der Waals surface area (Å²) in [4.78, 5) is 18.3. The minimum absolute atomic E-state index is 0.235. The lowest BCUT2D eigenvalue weighted by Crippen LogP contribution is -2.45. The van der Waals surface area contributed by atoms with Gasteiger partial charge in [0, 0.05) is 25.3 Å². The van der Waals surface area contributed by atoms with Gasteiger partial charge in [-0.05, 0) is 74.1 Å². The first-order chi connectivity index (χ1) is 17.8. The van der Waals surface area contributed by atoms with Crippen molar-refractivity contribution in [1.29, 1.82) is 0 Å². The molecule has 0 unspecified atom stereocenters. The number of benzene rings is 3. The van der Waals surface area contributed by atoms with Crippen molar-refractivity contribution in [2.45, 2.75) is 43.0 Å². The average Bonchev–Trinajstić information content (AvgIpc) is 3.21. The maximum atomic E-state index is 13.5. The Morgan fingerprint density at radius 3 is 1.86 bits per heavy atom. The van der Waals surface area contributed by atoms with Gasteiger partial charge >= 0.3 is 0 Å². The number of hydrogen-bond acceptors (Lipinski definition) is 4. The van der Waals surface area contributed by atoms with Gasteiger partial charge in [-0.25, -0.2) is 8.42 Å². The summed E-state index contributed by atoms with van der Waals surface area (Å²) in [5.74, 6) is 0.641. The predicted octanol–water partition coefficient (Wildman–Crippen LogP) is 5.13. The largest absolute Gasteiger partial charge is 0.338 e. The molecule has 0 aliphatic carbocycles. The number of sulfone groups is 1. The molecule has 0 atom stereocenters. The third-order valence-corrected chi connectivity index (χ3v) is 9.41. The number of hydrogen-bond donors (Lipinski definition) is 0. The third kappa shape index (κ3) is 5.81. The van der Waals surface area contributed by atoms with Crippen LogP contribution in [0.2, 0.25) is 0 Å². The molecule has 3 aromatic rings. The molecule has 37 heavy (non-hydrogen) atoms. The number of amides is 1. The summed E-state index contributed by atoms with van der Waals surface area (Å²) < 4.78 is 23.5. The van der Waals surface area contributed by atoms with Crippen molar-refractivity contribution >= 4 is 15.7 Å². The molecule has 1 spiro atoms. The smallest absolute Gasteiger partial charge is 0.229 e. The molecule has 0 bridgehead atoms. The van der Waals surface area contributed by atoms with E-state index in [1.54, 1.807) is 12.1 Å². The molecule has 6 heteroatoms. The highest BCUT2D eigenvalue weighted by molar-refractivity contribution is 7.90. The van der Waals surface area contributed by atoms with E-state index in [9.17, 15) is 13.2 Å². The van der Waals surface area contributed by atoms with Crippen LogP contribution in [0.5, 0.6) is 0 Å². The van der Waals surface area contributed by atoms with E-state index in [4.69, 9.17) is 0 Å². The van der Waals surface area contributed by atoms with Crippen molar-refractivity contribution < 1.29 is 13.2 Å². The monoisotopic (exact) mass is 516 g/mol. The molecule has 0 N–H and O–H groups in total. The van der Waals surface area contributed by atoms with Gasteiger partial charge in [-0.15, -0.1) is 0 Å². The molecule has 2 fully saturated rings. The minimum Gasteiger partial charge on any atom is -0.338 e. The summed E-state index contributed by atoms with van der Waals surface area (Å²) in [6.07, 6.45) is 5.02. The first kappa shape index (κ1) is 25.7. The van der Waals surface area contributed by atoms with E-state index in [1.165, 1.54) is 17.4 Å². The van der Waals surface area contributed by atoms with Crippen molar-refractivity contribution in [3.8, 4) is 0 Å². The molecule has 2 aliphatic heterocycles. The molecule has 2 heterocycles. The van der Waals surface area contributed by atoms with Crippen LogP contribution < -0.4 is 0 Å². The molecular formula is C31H36N2O3S. The Bertz CT molecular complexity index is 1260. The molecule has 5 rings (SSSR count). The second-order valence-corrected chi connectivity index (χ2v) is 12.7. The Morgan fingerprint density at radius 1 is 0.784 bits per heavy atom. The molecule has 3 aromatic carbocycles. The van der Waals surface area contributed by atoms with Gasteiger partial charge in [0.05, 0.1) is 10.3 Å². The minimum atomic E-state index is -3.21. The second-order valence-electron chi connectivity index (χ2n) is 10.7. The van der Waals surface area contributed by atoms with Crippen molar-refractivity contribution in [2.24, 2.45) is 5.41 Å². The van der Waals surface area contributed by atoms with Crippen LogP contribution in [0, 0.1) is 5.41 Å². The van der Waals surface area contributed by atoms with Crippen molar-refractivity contribution in [3.05, 3.63) is 102 Å². The molecule has 1 amide bonds. The summed E-state index contributed by atoms with van der Waals surface area (Å²) in [5.41, 5.74) is 3.45. The number of rotatable bonds is 8. The van der Waals surface area contributed by atoms with Crippen LogP contribution in [0.1, 0.15) is 48.3 Å². The van der Waals surface area contributed by atoms with Gasteiger partial charge in [0.2, 0.25) is 5.91 Å². The van der Waals surface area contributed by atoms with Gasteiger partial charge in [-0.2, -0.15) is 0 Å². The molecule has 5 nitrogen and oxygen atoms in total. The normalized spacial score (nSPS) is 18.1. The number of nitrogens with zero attached hydrogens (tertiary/aromatic N) is 2. The lowest BCUT2D eigenvalue weighted by atomic mass is 9.77. The Balaban J connectivity index is 1.17. The fourth-order valence-corrected chi connectivity index (χ4v) is 6.61. The predicted molar refractivity (Wildman–Crippen MR) is 147 cm³/mol. The quantitative estimate of drug-likeness (QED) is 0.417. The molecule has 0 radical (unpaired) electrons. The highest BCUT2D eigenvalue weighted by Crippen LogP contribution is 2.42. The Kier molecular flexibility index (Phi) is 7.50. The number of piperidine rings is 1. The van der Waals surface area contributed by atoms with Gasteiger partial charge in [0.15, 0.2) is 9.84 Å². The van der Waals surface area contributed by atoms with Crippen molar-refractivity contribution in [3.63, 3.8) is 0 Å². The summed E-state index contributed by atoms with van der Waals surface area (Å²) in [5, 5.41) is 0. The van der Waals surface area contributed by atoms with Crippen LogP contribution in [0.4, 0.5) is 0 Å². The van der Waals surface area contributed by atoms with E-state index in [0.29, 0.717) is 17.4 Å². The maximum Gasteiger partial charge on any atom is 0.229 e. The van der Waals surface area contributed by atoms with E-state index in [-0.39, 0.29) is 11.3 Å². The molecular weight excluding hydrogens is 480 g/mol. The van der Waals surface area contributed by atoms with Gasteiger partial charge in [-0.3, -0.25) is 4.79 Å². The van der Waals surface area contributed by atoms with Crippen LogP contribution in [-0.2, 0) is 21.2 Å². The lowest BCUT2D eigenvalue weighted by Gasteiger charge is -2.38. The molecule has 2 saturated heterocycles. The fourth-order valence-electron chi connectivity index (χ4n) is 5.98. The summed E-state index contributed by atoms with van der Waals surface area (Å²) in [7, 11) is -3.21. The van der Waals surface area contributed by atoms with E-state index in [2.05, 4.69) is 65.6 Å². The number of likely N-dealkylation sites (tertiary alicyclic amines) is 2. The van der Waals surface area contributed by atoms with Gasteiger partial charge in [0.25, 0.3) is 0 Å². The van der Waals surface area contributed by atoms with Gasteiger partial charge < -0.3 is 9.80 Å². The standard InChI is InChI=1S/C31H36N2O3S/c1-37(35,36)28-14-12-25(13-15-28)24-33-23-19-31(30(33)34)17-21-32(22-18-31)20-16-29(26-8-4-2-5-9-26)27-10-6-3-7-11-27/h2-15,29H,16-24H2,1H3. The average molecular weight is 517 g/mol. The van der Waals surface area contributed by atoms with Crippen LogP contribution in [0.3, 0.4) is 0 Å². The summed E-state index contributed by atoms with van der Waals surface area (Å²) in [6, 6.07) is 28.4. The summed E-state index contributed by atoms with van der Waals surface area (Å²) in [6.45, 7) is 4.26. The SMILES string of the molecule is CS(=O)(=O)c1ccc(CN2CCC3(CCN(CCC(c4ccccc4)c4ccccc4)CC3)C2=O)cc1. The Morgan fingerprint density at radius 2 is 1.32 bits per heavy atom. The Labute approximate surface area is 221 Å². The highest BCUT2D eigenvalue weighted by Gasteiger charge is 2.47. The third-order valence-electron chi connectivity index (χ3n) is 8.28. The zero-order chi connectivity index (χ0) is 25.9. The van der Waals surface area contributed by atoms with Gasteiger partial charge in [0.1, 0.15) is 0 Å². The fraction of sp³-hybridized carbons (Fsp3) is 0.387.